The Morgan fingerprint density at radius 1 is 1.20 bits per heavy atom. The van der Waals surface area contributed by atoms with Crippen molar-refractivity contribution in [2.45, 2.75) is 38.1 Å². The molecule has 2 N–H and O–H groups in total. The predicted molar refractivity (Wildman–Crippen MR) is 64.5 cm³/mol. The molecule has 0 unspecified atom stereocenters. The van der Waals surface area contributed by atoms with E-state index < -0.39 is 0 Å². The average Bonchev–Trinajstić information content (AvgIpc) is 2.68. The van der Waals surface area contributed by atoms with Crippen LogP contribution in [0.15, 0.2) is 18.2 Å². The summed E-state index contributed by atoms with van der Waals surface area (Å²) < 4.78 is 0. The molecule has 0 bridgehead atoms. The van der Waals surface area contributed by atoms with Crippen LogP contribution in [0.4, 0.5) is 11.4 Å². The molecule has 1 heterocycles. The van der Waals surface area contributed by atoms with Gasteiger partial charge < -0.3 is 10.6 Å². The van der Waals surface area contributed by atoms with Crippen LogP contribution in [0.1, 0.15) is 31.2 Å². The molecule has 0 saturated heterocycles. The van der Waals surface area contributed by atoms with Crippen LogP contribution in [-0.2, 0) is 0 Å². The quantitative estimate of drug-likeness (QED) is 0.675. The lowest BCUT2D eigenvalue weighted by atomic mass is 9.93. The van der Waals surface area contributed by atoms with Gasteiger partial charge in [0.15, 0.2) is 0 Å². The van der Waals surface area contributed by atoms with Gasteiger partial charge in [-0.3, -0.25) is 0 Å². The van der Waals surface area contributed by atoms with Gasteiger partial charge in [0.25, 0.3) is 0 Å². The molecule has 1 aromatic carbocycles. The molecule has 3 rings (SSSR count). The molecule has 80 valence electrons. The number of benzene rings is 1. The molecule has 1 aliphatic heterocycles. The lowest BCUT2D eigenvalue weighted by molar-refractivity contribution is 0.500. The molecule has 1 aliphatic carbocycles. The Bertz CT molecular complexity index is 378. The van der Waals surface area contributed by atoms with Crippen molar-refractivity contribution in [1.29, 1.82) is 0 Å². The van der Waals surface area contributed by atoms with Crippen LogP contribution in [0.3, 0.4) is 0 Å². The van der Waals surface area contributed by atoms with Gasteiger partial charge >= 0.3 is 0 Å². The minimum Gasteiger partial charge on any atom is -0.381 e. The van der Waals surface area contributed by atoms with Gasteiger partial charge in [-0.05, 0) is 31.4 Å². The molecule has 2 nitrogen and oxygen atoms in total. The number of aryl methyl sites for hydroxylation is 1. The molecule has 1 fully saturated rings. The van der Waals surface area contributed by atoms with E-state index in [1.807, 2.05) is 0 Å². The minimum atomic E-state index is 0.346. The Labute approximate surface area is 91.1 Å². The zero-order valence-electron chi connectivity index (χ0n) is 9.27. The molecular weight excluding hydrogens is 184 g/mol. The van der Waals surface area contributed by atoms with E-state index in [-0.39, 0.29) is 0 Å². The van der Waals surface area contributed by atoms with E-state index in [4.69, 9.17) is 0 Å². The summed E-state index contributed by atoms with van der Waals surface area (Å²) in [5.74, 6) is 0. The second-order valence-electron chi connectivity index (χ2n) is 4.96. The monoisotopic (exact) mass is 202 g/mol. The highest BCUT2D eigenvalue weighted by atomic mass is 15.1. The number of fused-ring (bicyclic) bond motifs is 1. The summed E-state index contributed by atoms with van der Waals surface area (Å²) in [5.41, 5.74) is 4.29. The number of nitrogens with one attached hydrogen (secondary N) is 2. The highest BCUT2D eigenvalue weighted by molar-refractivity contribution is 5.75. The molecule has 0 radical (unpaired) electrons. The standard InChI is InChI=1S/C13H18N2/c1-10-5-4-6-11-12(10)15-13(9-14-11)7-2-3-8-13/h4-6,14-15H,2-3,7-9H2,1H3. The fraction of sp³-hybridized carbons (Fsp3) is 0.538. The Hall–Kier alpha value is -1.18. The number of rotatable bonds is 0. The van der Waals surface area contributed by atoms with Crippen molar-refractivity contribution in [2.24, 2.45) is 0 Å². The molecule has 0 aromatic heterocycles. The van der Waals surface area contributed by atoms with Gasteiger partial charge in [0.05, 0.1) is 16.9 Å². The van der Waals surface area contributed by atoms with E-state index in [9.17, 15) is 0 Å². The average molecular weight is 202 g/mol. The number of anilines is 2. The highest BCUT2D eigenvalue weighted by Crippen LogP contribution is 2.40. The van der Waals surface area contributed by atoms with Crippen molar-refractivity contribution in [2.75, 3.05) is 17.2 Å². The summed E-state index contributed by atoms with van der Waals surface area (Å²) in [6, 6.07) is 6.47. The van der Waals surface area contributed by atoms with Crippen LogP contribution >= 0.6 is 0 Å². The van der Waals surface area contributed by atoms with E-state index >= 15 is 0 Å². The zero-order chi connectivity index (χ0) is 10.3. The van der Waals surface area contributed by atoms with Gasteiger partial charge in [-0.15, -0.1) is 0 Å². The van der Waals surface area contributed by atoms with Crippen molar-refractivity contribution in [3.63, 3.8) is 0 Å². The van der Waals surface area contributed by atoms with Crippen LogP contribution < -0.4 is 10.6 Å². The van der Waals surface area contributed by atoms with Crippen LogP contribution in [0.5, 0.6) is 0 Å². The zero-order valence-corrected chi connectivity index (χ0v) is 9.27. The van der Waals surface area contributed by atoms with E-state index in [0.29, 0.717) is 5.54 Å². The lowest BCUT2D eigenvalue weighted by Gasteiger charge is -2.38. The number of hydrogen-bond donors (Lipinski definition) is 2. The smallest absolute Gasteiger partial charge is 0.0610 e. The molecular formula is C13H18N2. The number of para-hydroxylation sites is 1. The minimum absolute atomic E-state index is 0.346. The maximum atomic E-state index is 3.78. The summed E-state index contributed by atoms with van der Waals surface area (Å²) in [5, 5.41) is 7.35. The molecule has 15 heavy (non-hydrogen) atoms. The molecule has 0 amide bonds. The van der Waals surface area contributed by atoms with Crippen molar-refractivity contribution < 1.29 is 0 Å². The lowest BCUT2D eigenvalue weighted by Crippen LogP contribution is -2.45. The van der Waals surface area contributed by atoms with Gasteiger partial charge in [-0.25, -0.2) is 0 Å². The second-order valence-corrected chi connectivity index (χ2v) is 4.96. The third kappa shape index (κ3) is 1.39. The van der Waals surface area contributed by atoms with Gasteiger partial charge in [0, 0.05) is 6.54 Å². The predicted octanol–water partition coefficient (Wildman–Crippen LogP) is 3.15. The Morgan fingerprint density at radius 3 is 2.80 bits per heavy atom. The van der Waals surface area contributed by atoms with Crippen molar-refractivity contribution in [1.82, 2.24) is 0 Å². The van der Waals surface area contributed by atoms with E-state index in [1.54, 1.807) is 0 Å². The van der Waals surface area contributed by atoms with Gasteiger partial charge in [0.2, 0.25) is 0 Å². The molecule has 1 aromatic rings. The molecule has 2 aliphatic rings. The van der Waals surface area contributed by atoms with E-state index in [1.165, 1.54) is 42.6 Å². The Kier molecular flexibility index (Phi) is 1.91. The number of hydrogen-bond acceptors (Lipinski definition) is 2. The summed E-state index contributed by atoms with van der Waals surface area (Å²) >= 11 is 0. The van der Waals surface area contributed by atoms with E-state index in [0.717, 1.165) is 6.54 Å². The Balaban J connectivity index is 1.98. The third-order valence-corrected chi connectivity index (χ3v) is 3.84. The summed E-state index contributed by atoms with van der Waals surface area (Å²) in [6.45, 7) is 3.27. The molecule has 1 spiro atoms. The fourth-order valence-corrected chi connectivity index (χ4v) is 2.91. The van der Waals surface area contributed by atoms with Crippen molar-refractivity contribution in [3.05, 3.63) is 23.8 Å². The van der Waals surface area contributed by atoms with Gasteiger partial charge in [-0.1, -0.05) is 25.0 Å². The van der Waals surface area contributed by atoms with Crippen LogP contribution in [0.2, 0.25) is 0 Å². The Morgan fingerprint density at radius 2 is 2.00 bits per heavy atom. The fourth-order valence-electron chi connectivity index (χ4n) is 2.91. The largest absolute Gasteiger partial charge is 0.381 e. The molecule has 2 heteroatoms. The molecule has 1 saturated carbocycles. The van der Waals surface area contributed by atoms with Crippen LogP contribution in [0.25, 0.3) is 0 Å². The van der Waals surface area contributed by atoms with Crippen molar-refractivity contribution >= 4 is 11.4 Å². The van der Waals surface area contributed by atoms with Gasteiger partial charge in [-0.2, -0.15) is 0 Å². The first kappa shape index (κ1) is 9.08. The second kappa shape index (κ2) is 3.16. The first-order valence-corrected chi connectivity index (χ1v) is 5.91. The van der Waals surface area contributed by atoms with E-state index in [2.05, 4.69) is 35.8 Å². The van der Waals surface area contributed by atoms with Gasteiger partial charge in [0.1, 0.15) is 0 Å². The SMILES string of the molecule is Cc1cccc2c1NC1(CCCC1)CN2. The summed E-state index contributed by atoms with van der Waals surface area (Å²) in [4.78, 5) is 0. The maximum Gasteiger partial charge on any atom is 0.0610 e. The maximum absolute atomic E-state index is 3.78. The normalized spacial score (nSPS) is 21.9. The first-order valence-electron chi connectivity index (χ1n) is 5.91. The van der Waals surface area contributed by atoms with Crippen LogP contribution in [0, 0.1) is 6.92 Å². The topological polar surface area (TPSA) is 24.1 Å². The van der Waals surface area contributed by atoms with Crippen LogP contribution in [-0.4, -0.2) is 12.1 Å². The highest BCUT2D eigenvalue weighted by Gasteiger charge is 2.36. The third-order valence-electron chi connectivity index (χ3n) is 3.84. The first-order chi connectivity index (χ1) is 7.29. The summed E-state index contributed by atoms with van der Waals surface area (Å²) in [7, 11) is 0. The molecule has 0 atom stereocenters. The van der Waals surface area contributed by atoms with Crippen molar-refractivity contribution in [3.8, 4) is 0 Å². The summed E-state index contributed by atoms with van der Waals surface area (Å²) in [6.07, 6.45) is 5.37.